The van der Waals surface area contributed by atoms with Crippen molar-refractivity contribution in [1.29, 1.82) is 0 Å². The summed E-state index contributed by atoms with van der Waals surface area (Å²) in [6.45, 7) is 5.77. The fourth-order valence-electron chi connectivity index (χ4n) is 3.55. The zero-order valence-corrected chi connectivity index (χ0v) is 14.1. The molecule has 1 aromatic rings. The Labute approximate surface area is 139 Å². The van der Waals surface area contributed by atoms with Crippen molar-refractivity contribution in [3.05, 3.63) is 23.9 Å². The van der Waals surface area contributed by atoms with Gasteiger partial charge in [0.05, 0.1) is 0 Å². The number of carbonyl (C=O) groups is 1. The van der Waals surface area contributed by atoms with E-state index < -0.39 is 0 Å². The van der Waals surface area contributed by atoms with Gasteiger partial charge >= 0.3 is 6.03 Å². The molecule has 1 N–H and O–H groups in total. The van der Waals surface area contributed by atoms with E-state index in [1.54, 1.807) is 0 Å². The maximum Gasteiger partial charge on any atom is 0.317 e. The van der Waals surface area contributed by atoms with Crippen molar-refractivity contribution in [1.82, 2.24) is 15.2 Å². The lowest BCUT2D eigenvalue weighted by Crippen LogP contribution is -2.47. The molecule has 126 valence electrons. The van der Waals surface area contributed by atoms with E-state index in [9.17, 15) is 4.79 Å². The van der Waals surface area contributed by atoms with Crippen LogP contribution in [0.5, 0.6) is 0 Å². The first-order valence-corrected chi connectivity index (χ1v) is 8.98. The zero-order chi connectivity index (χ0) is 16.1. The van der Waals surface area contributed by atoms with Gasteiger partial charge in [-0.05, 0) is 63.1 Å². The summed E-state index contributed by atoms with van der Waals surface area (Å²) < 4.78 is 0. The van der Waals surface area contributed by atoms with Crippen molar-refractivity contribution < 1.29 is 4.79 Å². The molecule has 23 heavy (non-hydrogen) atoms. The number of amides is 2. The van der Waals surface area contributed by atoms with Crippen LogP contribution in [0.15, 0.2) is 18.3 Å². The average Bonchev–Trinajstić information content (AvgIpc) is 2.61. The molecule has 0 spiro atoms. The van der Waals surface area contributed by atoms with E-state index in [0.717, 1.165) is 43.9 Å². The maximum absolute atomic E-state index is 12.4. The number of likely N-dealkylation sites (tertiary alicyclic amines) is 1. The van der Waals surface area contributed by atoms with Gasteiger partial charge in [0, 0.05) is 38.4 Å². The summed E-state index contributed by atoms with van der Waals surface area (Å²) in [5.74, 6) is 1.04. The van der Waals surface area contributed by atoms with Crippen molar-refractivity contribution in [2.75, 3.05) is 24.5 Å². The fourth-order valence-corrected chi connectivity index (χ4v) is 3.55. The first-order valence-electron chi connectivity index (χ1n) is 8.98. The molecule has 2 saturated heterocycles. The van der Waals surface area contributed by atoms with E-state index in [0.29, 0.717) is 12.6 Å². The van der Waals surface area contributed by atoms with Crippen LogP contribution in [0.3, 0.4) is 0 Å². The van der Waals surface area contributed by atoms with Crippen molar-refractivity contribution in [3.63, 3.8) is 0 Å². The second-order valence-corrected chi connectivity index (χ2v) is 6.77. The van der Waals surface area contributed by atoms with E-state index in [4.69, 9.17) is 0 Å². The molecular weight excluding hydrogens is 288 g/mol. The molecule has 2 fully saturated rings. The van der Waals surface area contributed by atoms with Crippen LogP contribution in [0.4, 0.5) is 10.6 Å². The lowest BCUT2D eigenvalue weighted by Gasteiger charge is -2.33. The van der Waals surface area contributed by atoms with Crippen LogP contribution in [0.1, 0.15) is 51.0 Å². The summed E-state index contributed by atoms with van der Waals surface area (Å²) in [6, 6.07) is 4.53. The highest BCUT2D eigenvalue weighted by atomic mass is 16.2. The number of nitrogens with one attached hydrogen (secondary N) is 1. The van der Waals surface area contributed by atoms with Crippen LogP contribution in [-0.2, 0) is 6.54 Å². The summed E-state index contributed by atoms with van der Waals surface area (Å²) >= 11 is 0. The number of nitrogens with zero attached hydrogens (tertiary/aromatic N) is 3. The van der Waals surface area contributed by atoms with Gasteiger partial charge in [-0.25, -0.2) is 9.78 Å². The Morgan fingerprint density at radius 3 is 2.78 bits per heavy atom. The largest absolute Gasteiger partial charge is 0.357 e. The molecular formula is C18H28N4O. The maximum atomic E-state index is 12.4. The number of aromatic nitrogens is 1. The van der Waals surface area contributed by atoms with Gasteiger partial charge in [0.15, 0.2) is 0 Å². The van der Waals surface area contributed by atoms with Gasteiger partial charge in [0.2, 0.25) is 0 Å². The smallest absolute Gasteiger partial charge is 0.317 e. The summed E-state index contributed by atoms with van der Waals surface area (Å²) in [5.41, 5.74) is 1.12. The van der Waals surface area contributed by atoms with Crippen LogP contribution >= 0.6 is 0 Å². The lowest BCUT2D eigenvalue weighted by atomic mass is 10.0. The molecule has 0 saturated carbocycles. The fraction of sp³-hybridized carbons (Fsp3) is 0.667. The number of hydrogen-bond acceptors (Lipinski definition) is 3. The van der Waals surface area contributed by atoms with Crippen molar-refractivity contribution in [2.24, 2.45) is 0 Å². The molecule has 2 aliphatic rings. The Morgan fingerprint density at radius 2 is 2.00 bits per heavy atom. The lowest BCUT2D eigenvalue weighted by molar-refractivity contribution is 0.158. The topological polar surface area (TPSA) is 48.5 Å². The van der Waals surface area contributed by atoms with E-state index in [1.807, 2.05) is 17.2 Å². The molecule has 1 unspecified atom stereocenters. The number of rotatable bonds is 3. The Balaban J connectivity index is 1.56. The second-order valence-electron chi connectivity index (χ2n) is 6.77. The van der Waals surface area contributed by atoms with Gasteiger partial charge in [-0.1, -0.05) is 0 Å². The molecule has 0 bridgehead atoms. The van der Waals surface area contributed by atoms with Crippen LogP contribution < -0.4 is 10.2 Å². The third-order valence-corrected chi connectivity index (χ3v) is 5.00. The van der Waals surface area contributed by atoms with Crippen molar-refractivity contribution >= 4 is 11.8 Å². The first-order chi connectivity index (χ1) is 11.2. The monoisotopic (exact) mass is 316 g/mol. The highest BCUT2D eigenvalue weighted by Gasteiger charge is 2.22. The van der Waals surface area contributed by atoms with Gasteiger partial charge in [0.1, 0.15) is 5.82 Å². The van der Waals surface area contributed by atoms with E-state index >= 15 is 0 Å². The minimum absolute atomic E-state index is 0.0635. The number of hydrogen-bond donors (Lipinski definition) is 1. The molecule has 3 heterocycles. The SMILES string of the molecule is CC1CCCCN1C(=O)NCc1ccnc(N2CCCCC2)c1. The molecule has 5 heteroatoms. The molecule has 5 nitrogen and oxygen atoms in total. The van der Waals surface area contributed by atoms with Gasteiger partial charge in [-0.2, -0.15) is 0 Å². The third kappa shape index (κ3) is 4.15. The van der Waals surface area contributed by atoms with E-state index in [-0.39, 0.29) is 6.03 Å². The Morgan fingerprint density at radius 1 is 1.22 bits per heavy atom. The summed E-state index contributed by atoms with van der Waals surface area (Å²) in [4.78, 5) is 21.2. The minimum Gasteiger partial charge on any atom is -0.357 e. The minimum atomic E-state index is 0.0635. The van der Waals surface area contributed by atoms with Gasteiger partial charge in [0.25, 0.3) is 0 Å². The summed E-state index contributed by atoms with van der Waals surface area (Å²) in [7, 11) is 0. The standard InChI is InChI=1S/C18H28N4O/c1-15-7-3-6-12-22(15)18(23)20-14-16-8-9-19-17(13-16)21-10-4-2-5-11-21/h8-9,13,15H,2-7,10-12,14H2,1H3,(H,20,23). The second kappa shape index (κ2) is 7.66. The Bertz CT molecular complexity index is 528. The van der Waals surface area contributed by atoms with E-state index in [1.165, 1.54) is 25.7 Å². The molecule has 3 rings (SSSR count). The van der Waals surface area contributed by atoms with Crippen molar-refractivity contribution in [3.8, 4) is 0 Å². The molecule has 1 aromatic heterocycles. The number of carbonyl (C=O) groups excluding carboxylic acids is 1. The number of pyridine rings is 1. The molecule has 0 radical (unpaired) electrons. The van der Waals surface area contributed by atoms with Gasteiger partial charge in [-0.3, -0.25) is 0 Å². The molecule has 2 aliphatic heterocycles. The predicted molar refractivity (Wildman–Crippen MR) is 92.6 cm³/mol. The molecule has 0 aliphatic carbocycles. The van der Waals surface area contributed by atoms with Gasteiger partial charge < -0.3 is 15.1 Å². The normalized spacial score (nSPS) is 22.0. The quantitative estimate of drug-likeness (QED) is 0.932. The highest BCUT2D eigenvalue weighted by molar-refractivity contribution is 5.74. The first kappa shape index (κ1) is 16.1. The number of piperidine rings is 2. The summed E-state index contributed by atoms with van der Waals surface area (Å²) in [5, 5.41) is 3.07. The summed E-state index contributed by atoms with van der Waals surface area (Å²) in [6.07, 6.45) is 9.13. The Kier molecular flexibility index (Phi) is 5.36. The van der Waals surface area contributed by atoms with Crippen LogP contribution in [0, 0.1) is 0 Å². The molecule has 0 aromatic carbocycles. The van der Waals surface area contributed by atoms with E-state index in [2.05, 4.69) is 28.2 Å². The highest BCUT2D eigenvalue weighted by Crippen LogP contribution is 2.19. The molecule has 2 amide bonds. The number of urea groups is 1. The van der Waals surface area contributed by atoms with Gasteiger partial charge in [-0.15, -0.1) is 0 Å². The Hall–Kier alpha value is -1.78. The number of anilines is 1. The average molecular weight is 316 g/mol. The zero-order valence-electron chi connectivity index (χ0n) is 14.1. The third-order valence-electron chi connectivity index (χ3n) is 5.00. The van der Waals surface area contributed by atoms with Crippen LogP contribution in [0.25, 0.3) is 0 Å². The molecule has 1 atom stereocenters. The predicted octanol–water partition coefficient (Wildman–Crippen LogP) is 3.16. The van der Waals surface area contributed by atoms with Crippen LogP contribution in [0.2, 0.25) is 0 Å². The van der Waals surface area contributed by atoms with Crippen LogP contribution in [-0.4, -0.2) is 41.6 Å². The van der Waals surface area contributed by atoms with Crippen molar-refractivity contribution in [2.45, 2.75) is 58.0 Å².